The van der Waals surface area contributed by atoms with Gasteiger partial charge < -0.3 is 5.32 Å². The van der Waals surface area contributed by atoms with Crippen molar-refractivity contribution in [3.8, 4) is 0 Å². The van der Waals surface area contributed by atoms with Gasteiger partial charge in [0.05, 0.1) is 12.2 Å². The maximum absolute atomic E-state index is 4.40. The highest BCUT2D eigenvalue weighted by atomic mass is 32.1. The van der Waals surface area contributed by atoms with Crippen molar-refractivity contribution in [1.29, 1.82) is 0 Å². The summed E-state index contributed by atoms with van der Waals surface area (Å²) in [5, 5.41) is 17.6. The lowest BCUT2D eigenvalue weighted by Crippen LogP contribution is -2.03. The van der Waals surface area contributed by atoms with Crippen molar-refractivity contribution >= 4 is 16.5 Å². The van der Waals surface area contributed by atoms with Gasteiger partial charge >= 0.3 is 0 Å². The van der Waals surface area contributed by atoms with Crippen molar-refractivity contribution in [1.82, 2.24) is 20.0 Å². The van der Waals surface area contributed by atoms with Crippen LogP contribution in [0.3, 0.4) is 0 Å². The minimum atomic E-state index is 0.697. The Hall–Kier alpha value is -1.43. The van der Waals surface area contributed by atoms with Gasteiger partial charge in [0.2, 0.25) is 5.13 Å². The van der Waals surface area contributed by atoms with Crippen LogP contribution in [0.1, 0.15) is 23.3 Å². The molecule has 0 spiro atoms. The molecule has 1 N–H and O–H groups in total. The van der Waals surface area contributed by atoms with Crippen molar-refractivity contribution in [2.75, 3.05) is 11.9 Å². The van der Waals surface area contributed by atoms with E-state index in [1.54, 1.807) is 11.3 Å². The van der Waals surface area contributed by atoms with Gasteiger partial charge in [0.15, 0.2) is 0 Å². The molecule has 16 heavy (non-hydrogen) atoms. The summed E-state index contributed by atoms with van der Waals surface area (Å²) >= 11 is 1.58. The second kappa shape index (κ2) is 4.61. The predicted octanol–water partition coefficient (Wildman–Crippen LogP) is 1.83. The molecule has 0 unspecified atom stereocenters. The maximum atomic E-state index is 4.40. The molecule has 0 fully saturated rings. The molecule has 2 aromatic rings. The lowest BCUT2D eigenvalue weighted by atomic mass is 10.4. The van der Waals surface area contributed by atoms with E-state index in [-0.39, 0.29) is 0 Å². The van der Waals surface area contributed by atoms with Crippen LogP contribution in [0.4, 0.5) is 5.13 Å². The molecular formula is C10H15N5S. The number of nitrogens with zero attached hydrogens (tertiary/aromatic N) is 4. The molecule has 0 saturated heterocycles. The molecule has 86 valence electrons. The molecule has 6 heteroatoms. The van der Waals surface area contributed by atoms with E-state index in [4.69, 9.17) is 0 Å². The summed E-state index contributed by atoms with van der Waals surface area (Å²) in [7, 11) is 0. The van der Waals surface area contributed by atoms with Gasteiger partial charge in [-0.2, -0.15) is 5.10 Å². The van der Waals surface area contributed by atoms with Crippen LogP contribution in [0.25, 0.3) is 0 Å². The highest BCUT2D eigenvalue weighted by molar-refractivity contribution is 7.15. The third-order valence-electron chi connectivity index (χ3n) is 2.18. The fraction of sp³-hybridized carbons (Fsp3) is 0.500. The zero-order valence-electron chi connectivity index (χ0n) is 9.69. The molecule has 0 radical (unpaired) electrons. The Morgan fingerprint density at radius 2 is 2.19 bits per heavy atom. The summed E-state index contributed by atoms with van der Waals surface area (Å²) in [6, 6.07) is 2.06. The molecule has 0 aromatic carbocycles. The van der Waals surface area contributed by atoms with Gasteiger partial charge in [-0.1, -0.05) is 11.3 Å². The molecule has 2 rings (SSSR count). The molecule has 0 atom stereocenters. The van der Waals surface area contributed by atoms with Crippen LogP contribution in [-0.4, -0.2) is 26.5 Å². The van der Waals surface area contributed by atoms with Crippen LogP contribution in [0, 0.1) is 13.8 Å². The molecule has 2 heterocycles. The van der Waals surface area contributed by atoms with E-state index in [2.05, 4.69) is 26.7 Å². The first kappa shape index (κ1) is 11.1. The first-order chi connectivity index (χ1) is 7.69. The summed E-state index contributed by atoms with van der Waals surface area (Å²) in [4.78, 5) is 0. The average molecular weight is 237 g/mol. The van der Waals surface area contributed by atoms with E-state index in [9.17, 15) is 0 Å². The Morgan fingerprint density at radius 1 is 1.38 bits per heavy atom. The minimum Gasteiger partial charge on any atom is -0.360 e. The molecule has 0 amide bonds. The Kier molecular flexibility index (Phi) is 3.19. The van der Waals surface area contributed by atoms with Gasteiger partial charge in [-0.25, -0.2) is 0 Å². The van der Waals surface area contributed by atoms with E-state index >= 15 is 0 Å². The van der Waals surface area contributed by atoms with Gasteiger partial charge in [0.1, 0.15) is 5.01 Å². The predicted molar refractivity (Wildman–Crippen MR) is 64.9 cm³/mol. The van der Waals surface area contributed by atoms with Crippen LogP contribution in [-0.2, 0) is 6.54 Å². The average Bonchev–Trinajstić information content (AvgIpc) is 2.76. The van der Waals surface area contributed by atoms with Gasteiger partial charge in [-0.05, 0) is 26.8 Å². The number of hydrogen-bond donors (Lipinski definition) is 1. The number of aromatic nitrogens is 4. The first-order valence-electron chi connectivity index (χ1n) is 5.26. The summed E-state index contributed by atoms with van der Waals surface area (Å²) in [6.07, 6.45) is 0. The molecule has 0 aliphatic carbocycles. The lowest BCUT2D eigenvalue weighted by molar-refractivity contribution is 0.651. The van der Waals surface area contributed by atoms with E-state index < -0.39 is 0 Å². The molecule has 2 aromatic heterocycles. The summed E-state index contributed by atoms with van der Waals surface area (Å²) < 4.78 is 1.95. The van der Waals surface area contributed by atoms with Gasteiger partial charge in [0, 0.05) is 12.2 Å². The smallest absolute Gasteiger partial charge is 0.205 e. The number of hydrogen-bond acceptors (Lipinski definition) is 5. The van der Waals surface area contributed by atoms with E-state index in [1.807, 2.05) is 25.5 Å². The highest BCUT2D eigenvalue weighted by Crippen LogP contribution is 2.16. The molecule has 0 bridgehead atoms. The third kappa shape index (κ3) is 2.38. The topological polar surface area (TPSA) is 55.6 Å². The summed E-state index contributed by atoms with van der Waals surface area (Å²) in [6.45, 7) is 7.65. The second-order valence-corrected chi connectivity index (χ2v) is 4.68. The van der Waals surface area contributed by atoms with Crippen LogP contribution < -0.4 is 5.32 Å². The zero-order valence-corrected chi connectivity index (χ0v) is 10.5. The fourth-order valence-corrected chi connectivity index (χ4v) is 2.29. The van der Waals surface area contributed by atoms with Crippen LogP contribution in [0.15, 0.2) is 6.07 Å². The van der Waals surface area contributed by atoms with Crippen molar-refractivity contribution in [2.24, 2.45) is 0 Å². The van der Waals surface area contributed by atoms with Gasteiger partial charge in [0.25, 0.3) is 0 Å². The van der Waals surface area contributed by atoms with Gasteiger partial charge in [-0.3, -0.25) is 4.68 Å². The molecular weight excluding hydrogens is 222 g/mol. The normalized spacial score (nSPS) is 10.7. The standard InChI is InChI=1S/C10H15N5S/c1-4-11-10-13-12-9(16-10)6-15-8(3)5-7(2)14-15/h5H,4,6H2,1-3H3,(H,11,13). The largest absolute Gasteiger partial charge is 0.360 e. The van der Waals surface area contributed by atoms with Crippen LogP contribution >= 0.6 is 11.3 Å². The number of rotatable bonds is 4. The second-order valence-electron chi connectivity index (χ2n) is 3.62. The minimum absolute atomic E-state index is 0.697. The molecule has 0 aliphatic rings. The monoisotopic (exact) mass is 237 g/mol. The number of nitrogens with one attached hydrogen (secondary N) is 1. The maximum Gasteiger partial charge on any atom is 0.205 e. The van der Waals surface area contributed by atoms with Crippen molar-refractivity contribution < 1.29 is 0 Å². The highest BCUT2D eigenvalue weighted by Gasteiger charge is 2.06. The van der Waals surface area contributed by atoms with Crippen LogP contribution in [0.2, 0.25) is 0 Å². The summed E-state index contributed by atoms with van der Waals surface area (Å²) in [5.41, 5.74) is 2.19. The first-order valence-corrected chi connectivity index (χ1v) is 6.08. The van der Waals surface area contributed by atoms with Crippen molar-refractivity contribution in [2.45, 2.75) is 27.3 Å². The fourth-order valence-electron chi connectivity index (χ4n) is 1.50. The number of aryl methyl sites for hydroxylation is 2. The SMILES string of the molecule is CCNc1nnc(Cn2nc(C)cc2C)s1. The van der Waals surface area contributed by atoms with Crippen molar-refractivity contribution in [3.05, 3.63) is 22.5 Å². The van der Waals surface area contributed by atoms with E-state index in [0.29, 0.717) is 6.54 Å². The van der Waals surface area contributed by atoms with Crippen LogP contribution in [0.5, 0.6) is 0 Å². The number of anilines is 1. The van der Waals surface area contributed by atoms with Crippen molar-refractivity contribution in [3.63, 3.8) is 0 Å². The lowest BCUT2D eigenvalue weighted by Gasteiger charge is -1.99. The quantitative estimate of drug-likeness (QED) is 0.881. The Morgan fingerprint density at radius 3 is 2.81 bits per heavy atom. The third-order valence-corrected chi connectivity index (χ3v) is 3.05. The Balaban J connectivity index is 2.11. The molecule has 0 aliphatic heterocycles. The molecule has 5 nitrogen and oxygen atoms in total. The van der Waals surface area contributed by atoms with E-state index in [0.717, 1.165) is 28.1 Å². The van der Waals surface area contributed by atoms with Gasteiger partial charge in [-0.15, -0.1) is 10.2 Å². The Bertz CT molecular complexity index is 473. The summed E-state index contributed by atoms with van der Waals surface area (Å²) in [5.74, 6) is 0. The Labute approximate surface area is 98.5 Å². The van der Waals surface area contributed by atoms with E-state index in [1.165, 1.54) is 0 Å². The zero-order chi connectivity index (χ0) is 11.5. The molecule has 0 saturated carbocycles.